The van der Waals surface area contributed by atoms with Crippen molar-refractivity contribution in [3.63, 3.8) is 0 Å². The Hall–Kier alpha value is -0.720. The maximum Gasteiger partial charge on any atom is 0.186 e. The number of ether oxygens (including phenoxy) is 4. The molecular weight excluding hydrogens is 564 g/mol. The van der Waals surface area contributed by atoms with Crippen LogP contribution in [0, 0.1) is 0 Å². The van der Waals surface area contributed by atoms with E-state index in [0.29, 0.717) is 0 Å². The van der Waals surface area contributed by atoms with Gasteiger partial charge >= 0.3 is 0 Å². The molecule has 2 aliphatic heterocycles. The predicted molar refractivity (Wildman–Crippen MR) is 144 cm³/mol. The van der Waals surface area contributed by atoms with Crippen molar-refractivity contribution in [1.29, 1.82) is 0 Å². The molecule has 1 aliphatic carbocycles. The summed E-state index contributed by atoms with van der Waals surface area (Å²) in [6, 6.07) is -4.94. The smallest absolute Gasteiger partial charge is 0.186 e. The molecule has 0 radical (unpaired) electrons. The molecule has 0 aromatic carbocycles. The van der Waals surface area contributed by atoms with Crippen molar-refractivity contribution in [2.75, 3.05) is 39.5 Å². The van der Waals surface area contributed by atoms with Crippen molar-refractivity contribution < 1.29 is 59.8 Å². The Kier molecular flexibility index (Phi) is 14.1. The van der Waals surface area contributed by atoms with E-state index in [1.165, 1.54) is 0 Å². The van der Waals surface area contributed by atoms with E-state index in [2.05, 4.69) is 10.6 Å². The molecule has 2 saturated heterocycles. The Morgan fingerprint density at radius 1 is 0.762 bits per heavy atom. The minimum atomic E-state index is -1.54. The van der Waals surface area contributed by atoms with Gasteiger partial charge in [-0.05, 0) is 12.8 Å². The Labute approximate surface area is 243 Å². The van der Waals surface area contributed by atoms with Gasteiger partial charge in [-0.1, -0.05) is 0 Å². The molecule has 0 aromatic rings. The minimum Gasteiger partial charge on any atom is -0.395 e. The first kappa shape index (κ1) is 35.8. The fourth-order valence-corrected chi connectivity index (χ4v) is 5.46. The number of nitrogens with two attached hydrogens (primary N) is 4. The minimum absolute atomic E-state index is 0.0957. The number of hydrogen-bond acceptors (Lipinski definition) is 18. The lowest BCUT2D eigenvalue weighted by Crippen LogP contribution is -2.69. The van der Waals surface area contributed by atoms with Crippen molar-refractivity contribution in [3.05, 3.63) is 0 Å². The second-order valence-electron chi connectivity index (χ2n) is 11.3. The van der Waals surface area contributed by atoms with Crippen molar-refractivity contribution >= 4 is 0 Å². The van der Waals surface area contributed by atoms with E-state index in [4.69, 9.17) is 47.0 Å². The lowest BCUT2D eigenvalue weighted by atomic mass is 9.83. The van der Waals surface area contributed by atoms with Gasteiger partial charge in [0.05, 0.1) is 56.8 Å². The topological polar surface area (TPSA) is 327 Å². The fraction of sp³-hybridized carbons (Fsp3) is 1.00. The molecule has 0 bridgehead atoms. The highest BCUT2D eigenvalue weighted by Gasteiger charge is 2.51. The summed E-state index contributed by atoms with van der Waals surface area (Å²) in [6.45, 7) is -1.27. The molecule has 42 heavy (non-hydrogen) atoms. The third-order valence-corrected chi connectivity index (χ3v) is 8.02. The zero-order valence-electron chi connectivity index (χ0n) is 23.4. The zero-order valence-corrected chi connectivity index (χ0v) is 23.4. The summed E-state index contributed by atoms with van der Waals surface area (Å²) in [5.74, 6) is 0. The van der Waals surface area contributed by atoms with E-state index in [0.717, 1.165) is 0 Å². The van der Waals surface area contributed by atoms with Gasteiger partial charge in [0.2, 0.25) is 0 Å². The lowest BCUT2D eigenvalue weighted by molar-refractivity contribution is -0.316. The van der Waals surface area contributed by atoms with E-state index in [1.54, 1.807) is 0 Å². The molecule has 18 nitrogen and oxygen atoms in total. The Balaban J connectivity index is 1.76. The normalized spacial score (nSPS) is 43.9. The molecule has 3 aliphatic rings. The Morgan fingerprint density at radius 3 is 2.02 bits per heavy atom. The monoisotopic (exact) mass is 614 g/mol. The fourth-order valence-electron chi connectivity index (χ4n) is 5.46. The highest BCUT2D eigenvalue weighted by atomic mass is 16.7. The number of nitrogens with one attached hydrogen (secondary N) is 2. The molecule has 0 amide bonds. The van der Waals surface area contributed by atoms with E-state index in [9.17, 15) is 35.7 Å². The molecule has 18 N–H and O–H groups in total. The van der Waals surface area contributed by atoms with Crippen LogP contribution in [-0.4, -0.2) is 178 Å². The quantitative estimate of drug-likeness (QED) is 0.0863. The number of aliphatic hydroxyl groups excluding tert-OH is 8. The average molecular weight is 615 g/mol. The first-order valence-electron chi connectivity index (χ1n) is 14.2. The van der Waals surface area contributed by atoms with E-state index in [1.807, 2.05) is 0 Å². The molecule has 3 fully saturated rings. The van der Waals surface area contributed by atoms with Gasteiger partial charge in [0.15, 0.2) is 12.6 Å². The van der Waals surface area contributed by atoms with Crippen LogP contribution in [0.4, 0.5) is 0 Å². The Morgan fingerprint density at radius 2 is 1.40 bits per heavy atom. The van der Waals surface area contributed by atoms with Crippen LogP contribution >= 0.6 is 0 Å². The summed E-state index contributed by atoms with van der Waals surface area (Å²) in [4.78, 5) is 0. The van der Waals surface area contributed by atoms with Crippen molar-refractivity contribution in [3.8, 4) is 0 Å². The summed E-state index contributed by atoms with van der Waals surface area (Å²) in [6.07, 6.45) is -12.0. The highest BCUT2D eigenvalue weighted by Crippen LogP contribution is 2.31. The van der Waals surface area contributed by atoms with Crippen LogP contribution in [0.2, 0.25) is 0 Å². The largest absolute Gasteiger partial charge is 0.395 e. The van der Waals surface area contributed by atoms with Gasteiger partial charge in [0.25, 0.3) is 0 Å². The standard InChI is InChI=1S/C24H50N6O12/c25-9(5-31)3-29-4-15-14(35)2-12(27)23(39-15)41-21-11(26)1-13(30-10(6-32)7-33)22(20(21)38)42-24-19(37)17(28)18(36)16(8-34)40-24/h9-24,29-38H,1-8,25-28H2/t9?,11-,12+,13+,14-,15+,16+,17-,18+,19+,20-,21+,22-,23+,24+/m0/s1. The summed E-state index contributed by atoms with van der Waals surface area (Å²) in [5.41, 5.74) is 24.2. The number of hydrogen-bond donors (Lipinski definition) is 14. The van der Waals surface area contributed by atoms with Crippen molar-refractivity contribution in [2.45, 2.75) is 111 Å². The van der Waals surface area contributed by atoms with Crippen LogP contribution in [-0.2, 0) is 18.9 Å². The summed E-state index contributed by atoms with van der Waals surface area (Å²) >= 11 is 0. The SMILES string of the molecule is NC(CO)CNC[C@H]1O[C@H](O[C@H]2[C@H](O)[C@@H](O[C@H]3O[C@H](CO)[C@@H](O)[C@H](N)[C@H]3O)[C@H](NC(CO)CO)C[C@@H]2N)[C@H](N)C[C@@H]1O. The molecule has 15 atom stereocenters. The first-order chi connectivity index (χ1) is 19.9. The molecule has 3 rings (SSSR count). The number of rotatable bonds is 14. The van der Waals surface area contributed by atoms with E-state index in [-0.39, 0.29) is 32.5 Å². The molecule has 2 heterocycles. The lowest BCUT2D eigenvalue weighted by Gasteiger charge is -2.49. The predicted octanol–water partition coefficient (Wildman–Crippen LogP) is -8.36. The average Bonchev–Trinajstić information content (AvgIpc) is 2.97. The summed E-state index contributed by atoms with van der Waals surface area (Å²) < 4.78 is 23.5. The van der Waals surface area contributed by atoms with Gasteiger partial charge in [0, 0.05) is 31.2 Å². The molecule has 1 saturated carbocycles. The summed E-state index contributed by atoms with van der Waals surface area (Å²) in [5, 5.41) is 86.8. The molecule has 18 heteroatoms. The zero-order chi connectivity index (χ0) is 31.1. The maximum absolute atomic E-state index is 11.5. The van der Waals surface area contributed by atoms with Gasteiger partial charge in [-0.15, -0.1) is 0 Å². The van der Waals surface area contributed by atoms with Crippen molar-refractivity contribution in [2.24, 2.45) is 22.9 Å². The third-order valence-electron chi connectivity index (χ3n) is 8.02. The van der Waals surface area contributed by atoms with Gasteiger partial charge in [-0.3, -0.25) is 0 Å². The van der Waals surface area contributed by atoms with Crippen LogP contribution < -0.4 is 33.6 Å². The van der Waals surface area contributed by atoms with Crippen molar-refractivity contribution in [1.82, 2.24) is 10.6 Å². The first-order valence-corrected chi connectivity index (χ1v) is 14.2. The molecular formula is C24H50N6O12. The van der Waals surface area contributed by atoms with Gasteiger partial charge < -0.3 is 93.4 Å². The molecule has 0 spiro atoms. The highest BCUT2D eigenvalue weighted by molar-refractivity contribution is 5.03. The third kappa shape index (κ3) is 8.71. The van der Waals surface area contributed by atoms with E-state index >= 15 is 0 Å². The van der Waals surface area contributed by atoms with Crippen LogP contribution in [0.5, 0.6) is 0 Å². The van der Waals surface area contributed by atoms with Gasteiger partial charge in [-0.2, -0.15) is 0 Å². The maximum atomic E-state index is 11.5. The van der Waals surface area contributed by atoms with Crippen LogP contribution in [0.3, 0.4) is 0 Å². The van der Waals surface area contributed by atoms with Gasteiger partial charge in [0.1, 0.15) is 36.6 Å². The van der Waals surface area contributed by atoms with Crippen LogP contribution in [0.15, 0.2) is 0 Å². The summed E-state index contributed by atoms with van der Waals surface area (Å²) in [7, 11) is 0. The second kappa shape index (κ2) is 16.5. The van der Waals surface area contributed by atoms with E-state index < -0.39 is 117 Å². The molecule has 1 unspecified atom stereocenters. The van der Waals surface area contributed by atoms with Crippen LogP contribution in [0.25, 0.3) is 0 Å². The Bertz CT molecular complexity index is 790. The number of aliphatic hydroxyl groups is 8. The molecule has 248 valence electrons. The second-order valence-corrected chi connectivity index (χ2v) is 11.3. The molecule has 0 aromatic heterocycles. The van der Waals surface area contributed by atoms with Crippen LogP contribution in [0.1, 0.15) is 12.8 Å². The van der Waals surface area contributed by atoms with Gasteiger partial charge in [-0.25, -0.2) is 0 Å².